The summed E-state index contributed by atoms with van der Waals surface area (Å²) in [5.74, 6) is 0.0392. The predicted molar refractivity (Wildman–Crippen MR) is 42.7 cm³/mol. The monoisotopic (exact) mass is 209 g/mol. The van der Waals surface area contributed by atoms with Crippen LogP contribution in [0.1, 0.15) is 11.7 Å². The SMILES string of the molecule is COc1cnn(C)c1C(N)C(F)(F)F. The van der Waals surface area contributed by atoms with Gasteiger partial charge in [0.15, 0.2) is 5.75 Å². The summed E-state index contributed by atoms with van der Waals surface area (Å²) >= 11 is 0. The molecule has 2 N–H and O–H groups in total. The zero-order valence-corrected chi connectivity index (χ0v) is 7.67. The Balaban J connectivity index is 3.11. The molecule has 0 aromatic carbocycles. The van der Waals surface area contributed by atoms with Crippen LogP contribution in [0, 0.1) is 0 Å². The van der Waals surface area contributed by atoms with Crippen LogP contribution in [0.15, 0.2) is 6.20 Å². The molecule has 14 heavy (non-hydrogen) atoms. The van der Waals surface area contributed by atoms with E-state index in [4.69, 9.17) is 10.5 Å². The van der Waals surface area contributed by atoms with Gasteiger partial charge < -0.3 is 10.5 Å². The lowest BCUT2D eigenvalue weighted by atomic mass is 10.2. The molecule has 1 atom stereocenters. The molecule has 80 valence electrons. The summed E-state index contributed by atoms with van der Waals surface area (Å²) in [6.45, 7) is 0. The number of rotatable bonds is 2. The number of nitrogens with two attached hydrogens (primary N) is 1. The lowest BCUT2D eigenvalue weighted by Crippen LogP contribution is -2.30. The summed E-state index contributed by atoms with van der Waals surface area (Å²) < 4.78 is 42.6. The maximum Gasteiger partial charge on any atom is 0.409 e. The van der Waals surface area contributed by atoms with Crippen molar-refractivity contribution >= 4 is 0 Å². The van der Waals surface area contributed by atoms with Crippen LogP contribution in [0.2, 0.25) is 0 Å². The third-order valence-electron chi connectivity index (χ3n) is 1.82. The third kappa shape index (κ3) is 1.82. The molecule has 1 unspecified atom stereocenters. The molecule has 0 spiro atoms. The summed E-state index contributed by atoms with van der Waals surface area (Å²) in [6.07, 6.45) is -3.30. The molecule has 0 aliphatic carbocycles. The van der Waals surface area contributed by atoms with Crippen molar-refractivity contribution in [3.63, 3.8) is 0 Å². The Morgan fingerprint density at radius 1 is 1.57 bits per heavy atom. The summed E-state index contributed by atoms with van der Waals surface area (Å²) in [7, 11) is 2.65. The zero-order valence-electron chi connectivity index (χ0n) is 7.67. The van der Waals surface area contributed by atoms with Gasteiger partial charge in [0.05, 0.1) is 13.3 Å². The van der Waals surface area contributed by atoms with Crippen molar-refractivity contribution in [1.82, 2.24) is 9.78 Å². The van der Waals surface area contributed by atoms with Crippen LogP contribution in [0.4, 0.5) is 13.2 Å². The van der Waals surface area contributed by atoms with Gasteiger partial charge >= 0.3 is 6.18 Å². The van der Waals surface area contributed by atoms with Gasteiger partial charge in [-0.2, -0.15) is 18.3 Å². The summed E-state index contributed by atoms with van der Waals surface area (Å²) in [6, 6.07) is -2.08. The molecule has 0 radical (unpaired) electrons. The average Bonchev–Trinajstić information content (AvgIpc) is 2.43. The van der Waals surface area contributed by atoms with E-state index in [1.54, 1.807) is 0 Å². The fourth-order valence-electron chi connectivity index (χ4n) is 1.09. The molecule has 1 aromatic rings. The number of ether oxygens (including phenoxy) is 1. The Labute approximate surface area is 78.4 Å². The number of aromatic nitrogens is 2. The van der Waals surface area contributed by atoms with Crippen molar-refractivity contribution in [3.05, 3.63) is 11.9 Å². The average molecular weight is 209 g/mol. The predicted octanol–water partition coefficient (Wildman–Crippen LogP) is 0.991. The molecule has 1 heterocycles. The summed E-state index contributed by atoms with van der Waals surface area (Å²) in [5.41, 5.74) is 4.85. The first-order valence-electron chi connectivity index (χ1n) is 3.76. The van der Waals surface area contributed by atoms with Gasteiger partial charge in [-0.25, -0.2) is 0 Å². The van der Waals surface area contributed by atoms with E-state index in [0.717, 1.165) is 4.68 Å². The summed E-state index contributed by atoms with van der Waals surface area (Å²) in [4.78, 5) is 0. The maximum atomic E-state index is 12.3. The van der Waals surface area contributed by atoms with E-state index >= 15 is 0 Å². The second-order valence-corrected chi connectivity index (χ2v) is 2.74. The Morgan fingerprint density at radius 3 is 2.57 bits per heavy atom. The minimum Gasteiger partial charge on any atom is -0.493 e. The number of hydrogen-bond acceptors (Lipinski definition) is 3. The molecule has 1 aromatic heterocycles. The first-order chi connectivity index (χ1) is 6.38. The van der Waals surface area contributed by atoms with Gasteiger partial charge in [0.25, 0.3) is 0 Å². The van der Waals surface area contributed by atoms with Crippen molar-refractivity contribution in [2.24, 2.45) is 12.8 Å². The lowest BCUT2D eigenvalue weighted by Gasteiger charge is -2.16. The fraction of sp³-hybridized carbons (Fsp3) is 0.571. The Kier molecular flexibility index (Phi) is 2.70. The number of aryl methyl sites for hydroxylation is 1. The van der Waals surface area contributed by atoms with Crippen molar-refractivity contribution in [3.8, 4) is 5.75 Å². The van der Waals surface area contributed by atoms with Crippen LogP contribution in [0.25, 0.3) is 0 Å². The van der Waals surface area contributed by atoms with E-state index in [-0.39, 0.29) is 11.4 Å². The van der Waals surface area contributed by atoms with Crippen molar-refractivity contribution in [2.75, 3.05) is 7.11 Å². The second kappa shape index (κ2) is 3.49. The van der Waals surface area contributed by atoms with Gasteiger partial charge in [0.2, 0.25) is 0 Å². The van der Waals surface area contributed by atoms with Gasteiger partial charge in [-0.1, -0.05) is 0 Å². The standard InChI is InChI=1S/C7H10F3N3O/c1-13-5(4(14-2)3-12-13)6(11)7(8,9)10/h3,6H,11H2,1-2H3. The highest BCUT2D eigenvalue weighted by atomic mass is 19.4. The van der Waals surface area contributed by atoms with Gasteiger partial charge in [0.1, 0.15) is 11.7 Å². The van der Waals surface area contributed by atoms with E-state index in [9.17, 15) is 13.2 Å². The zero-order chi connectivity index (χ0) is 10.9. The fourth-order valence-corrected chi connectivity index (χ4v) is 1.09. The molecule has 4 nitrogen and oxygen atoms in total. The first kappa shape index (κ1) is 10.8. The Bertz CT molecular complexity index is 320. The van der Waals surface area contributed by atoms with Crippen molar-refractivity contribution in [1.29, 1.82) is 0 Å². The van der Waals surface area contributed by atoms with Crippen LogP contribution in [0.5, 0.6) is 5.75 Å². The molecular formula is C7H10F3N3O. The molecule has 0 aliphatic heterocycles. The van der Waals surface area contributed by atoms with E-state index < -0.39 is 12.2 Å². The minimum atomic E-state index is -4.50. The van der Waals surface area contributed by atoms with Gasteiger partial charge in [-0.15, -0.1) is 0 Å². The lowest BCUT2D eigenvalue weighted by molar-refractivity contribution is -0.150. The normalized spacial score (nSPS) is 14.1. The molecule has 0 amide bonds. The van der Waals surface area contributed by atoms with Crippen LogP contribution in [0.3, 0.4) is 0 Å². The number of hydrogen-bond donors (Lipinski definition) is 1. The number of nitrogens with zero attached hydrogens (tertiary/aromatic N) is 2. The van der Waals surface area contributed by atoms with E-state index in [0.29, 0.717) is 0 Å². The molecule has 0 fully saturated rings. The highest BCUT2D eigenvalue weighted by molar-refractivity contribution is 5.28. The highest BCUT2D eigenvalue weighted by Crippen LogP contribution is 2.34. The number of halogens is 3. The van der Waals surface area contributed by atoms with Crippen LogP contribution >= 0.6 is 0 Å². The van der Waals surface area contributed by atoms with Gasteiger partial charge in [0, 0.05) is 7.05 Å². The maximum absolute atomic E-state index is 12.3. The highest BCUT2D eigenvalue weighted by Gasteiger charge is 2.41. The smallest absolute Gasteiger partial charge is 0.409 e. The van der Waals surface area contributed by atoms with Crippen molar-refractivity contribution < 1.29 is 17.9 Å². The quantitative estimate of drug-likeness (QED) is 0.790. The van der Waals surface area contributed by atoms with E-state index in [1.165, 1.54) is 20.4 Å². The summed E-state index contributed by atoms with van der Waals surface area (Å²) in [5, 5.41) is 3.63. The van der Waals surface area contributed by atoms with Crippen LogP contribution < -0.4 is 10.5 Å². The largest absolute Gasteiger partial charge is 0.493 e. The molecule has 0 aliphatic rings. The van der Waals surface area contributed by atoms with Gasteiger partial charge in [-0.05, 0) is 0 Å². The molecule has 7 heteroatoms. The number of methoxy groups -OCH3 is 1. The van der Waals surface area contributed by atoms with Crippen LogP contribution in [-0.4, -0.2) is 23.1 Å². The minimum absolute atomic E-state index is 0.0392. The topological polar surface area (TPSA) is 53.1 Å². The molecule has 0 bridgehead atoms. The number of alkyl halides is 3. The molecular weight excluding hydrogens is 199 g/mol. The second-order valence-electron chi connectivity index (χ2n) is 2.74. The molecule has 0 saturated carbocycles. The van der Waals surface area contributed by atoms with Crippen molar-refractivity contribution in [2.45, 2.75) is 12.2 Å². The van der Waals surface area contributed by atoms with Crippen LogP contribution in [-0.2, 0) is 7.05 Å². The Morgan fingerprint density at radius 2 is 2.14 bits per heavy atom. The Hall–Kier alpha value is -1.24. The molecule has 1 rings (SSSR count). The van der Waals surface area contributed by atoms with E-state index in [1.807, 2.05) is 0 Å². The molecule has 0 saturated heterocycles. The van der Waals surface area contributed by atoms with Gasteiger partial charge in [-0.3, -0.25) is 4.68 Å². The third-order valence-corrected chi connectivity index (χ3v) is 1.82. The first-order valence-corrected chi connectivity index (χ1v) is 3.76. The van der Waals surface area contributed by atoms with E-state index in [2.05, 4.69) is 5.10 Å².